The summed E-state index contributed by atoms with van der Waals surface area (Å²) in [5, 5.41) is 11.6. The summed E-state index contributed by atoms with van der Waals surface area (Å²) in [6.07, 6.45) is -0.715. The Labute approximate surface area is 100 Å². The Morgan fingerprint density at radius 1 is 1.35 bits per heavy atom. The fourth-order valence-electron chi connectivity index (χ4n) is 1.52. The summed E-state index contributed by atoms with van der Waals surface area (Å²) >= 11 is 0. The van der Waals surface area contributed by atoms with Gasteiger partial charge in [-0.05, 0) is 5.41 Å². The Kier molecular flexibility index (Phi) is 4.47. The van der Waals surface area contributed by atoms with Crippen molar-refractivity contribution in [2.24, 2.45) is 5.41 Å². The van der Waals surface area contributed by atoms with Gasteiger partial charge >= 0.3 is 5.97 Å². The lowest BCUT2D eigenvalue weighted by Gasteiger charge is -2.30. The van der Waals surface area contributed by atoms with Crippen LogP contribution in [0.1, 0.15) is 20.8 Å². The Hall–Kier alpha value is -1.14. The summed E-state index contributed by atoms with van der Waals surface area (Å²) in [6, 6.07) is -0.944. The highest BCUT2D eigenvalue weighted by Gasteiger charge is 2.35. The maximum Gasteiger partial charge on any atom is 0.326 e. The Morgan fingerprint density at radius 3 is 2.41 bits per heavy atom. The average Bonchev–Trinajstić information content (AvgIpc) is 2.24. The monoisotopic (exact) mass is 245 g/mol. The molecule has 0 aromatic rings. The van der Waals surface area contributed by atoms with Gasteiger partial charge in [0.15, 0.2) is 6.10 Å². The van der Waals surface area contributed by atoms with E-state index in [0.29, 0.717) is 13.2 Å². The number of amides is 1. The summed E-state index contributed by atoms with van der Waals surface area (Å²) in [4.78, 5) is 22.9. The van der Waals surface area contributed by atoms with Gasteiger partial charge in [0, 0.05) is 0 Å². The maximum atomic E-state index is 11.8. The number of rotatable bonds is 3. The minimum atomic E-state index is -1.05. The maximum absolute atomic E-state index is 11.8. The van der Waals surface area contributed by atoms with E-state index in [2.05, 4.69) is 5.32 Å². The van der Waals surface area contributed by atoms with E-state index in [1.807, 2.05) is 0 Å². The molecule has 0 radical (unpaired) electrons. The molecule has 1 amide bonds. The summed E-state index contributed by atoms with van der Waals surface area (Å²) in [7, 11) is 0. The number of nitrogens with one attached hydrogen (secondary N) is 1. The summed E-state index contributed by atoms with van der Waals surface area (Å²) in [6.45, 7) is 6.25. The van der Waals surface area contributed by atoms with E-state index in [1.54, 1.807) is 20.8 Å². The third-order valence-electron chi connectivity index (χ3n) is 2.51. The van der Waals surface area contributed by atoms with E-state index >= 15 is 0 Å². The molecule has 1 heterocycles. The first-order valence-corrected chi connectivity index (χ1v) is 5.55. The van der Waals surface area contributed by atoms with Crippen molar-refractivity contribution in [3.8, 4) is 0 Å². The zero-order valence-electron chi connectivity index (χ0n) is 10.4. The predicted molar refractivity (Wildman–Crippen MR) is 59.6 cm³/mol. The number of ether oxygens (including phenoxy) is 2. The lowest BCUT2D eigenvalue weighted by molar-refractivity contribution is -0.154. The normalized spacial score (nSPS) is 22.9. The molecule has 1 fully saturated rings. The molecular weight excluding hydrogens is 226 g/mol. The van der Waals surface area contributed by atoms with Crippen LogP contribution in [0.2, 0.25) is 0 Å². The van der Waals surface area contributed by atoms with Crippen LogP contribution in [0.4, 0.5) is 0 Å². The average molecular weight is 245 g/mol. The number of carbonyl (C=O) groups excluding carboxylic acids is 1. The predicted octanol–water partition coefficient (Wildman–Crippen LogP) is 0.0173. The van der Waals surface area contributed by atoms with Crippen LogP contribution in [0.3, 0.4) is 0 Å². The quantitative estimate of drug-likeness (QED) is 0.732. The van der Waals surface area contributed by atoms with Crippen molar-refractivity contribution in [3.05, 3.63) is 0 Å². The van der Waals surface area contributed by atoms with E-state index in [-0.39, 0.29) is 6.61 Å². The van der Waals surface area contributed by atoms with Gasteiger partial charge in [0.2, 0.25) is 0 Å². The molecule has 1 aliphatic heterocycles. The minimum absolute atomic E-state index is 0.169. The molecular formula is C11H19NO5. The van der Waals surface area contributed by atoms with Crippen LogP contribution in [0.5, 0.6) is 0 Å². The van der Waals surface area contributed by atoms with Gasteiger partial charge in [0.25, 0.3) is 5.91 Å². The van der Waals surface area contributed by atoms with Crippen molar-refractivity contribution in [1.29, 1.82) is 0 Å². The fraction of sp³-hybridized carbons (Fsp3) is 0.818. The second-order valence-electron chi connectivity index (χ2n) is 5.08. The summed E-state index contributed by atoms with van der Waals surface area (Å²) in [5.74, 6) is -1.49. The third kappa shape index (κ3) is 3.98. The third-order valence-corrected chi connectivity index (χ3v) is 2.51. The first kappa shape index (κ1) is 13.9. The molecule has 0 spiro atoms. The van der Waals surface area contributed by atoms with E-state index in [9.17, 15) is 9.59 Å². The lowest BCUT2D eigenvalue weighted by atomic mass is 9.86. The molecule has 6 heteroatoms. The molecule has 0 bridgehead atoms. The van der Waals surface area contributed by atoms with E-state index < -0.39 is 29.4 Å². The molecule has 6 nitrogen and oxygen atoms in total. The second-order valence-corrected chi connectivity index (χ2v) is 5.08. The summed E-state index contributed by atoms with van der Waals surface area (Å²) in [5.41, 5.74) is -0.559. The number of carboxylic acids is 1. The molecule has 0 saturated carbocycles. The van der Waals surface area contributed by atoms with Crippen LogP contribution >= 0.6 is 0 Å². The first-order chi connectivity index (χ1) is 7.82. The number of hydrogen-bond donors (Lipinski definition) is 2. The van der Waals surface area contributed by atoms with Crippen LogP contribution in [0, 0.1) is 5.41 Å². The lowest BCUT2D eigenvalue weighted by Crippen LogP contribution is -2.54. The van der Waals surface area contributed by atoms with Crippen LogP contribution in [-0.2, 0) is 19.1 Å². The van der Waals surface area contributed by atoms with Crippen LogP contribution in [0.15, 0.2) is 0 Å². The van der Waals surface area contributed by atoms with Crippen molar-refractivity contribution < 1.29 is 24.2 Å². The Balaban J connectivity index is 2.60. The van der Waals surface area contributed by atoms with Crippen molar-refractivity contribution in [2.75, 3.05) is 19.8 Å². The van der Waals surface area contributed by atoms with E-state index in [4.69, 9.17) is 14.6 Å². The van der Waals surface area contributed by atoms with Gasteiger partial charge < -0.3 is 19.9 Å². The van der Waals surface area contributed by atoms with Gasteiger partial charge in [-0.2, -0.15) is 0 Å². The molecule has 1 saturated heterocycles. The fourth-order valence-corrected chi connectivity index (χ4v) is 1.52. The number of aliphatic carboxylic acids is 1. The van der Waals surface area contributed by atoms with Gasteiger partial charge in [-0.1, -0.05) is 20.8 Å². The van der Waals surface area contributed by atoms with Crippen LogP contribution < -0.4 is 5.32 Å². The molecule has 1 aliphatic rings. The topological polar surface area (TPSA) is 84.9 Å². The van der Waals surface area contributed by atoms with Crippen molar-refractivity contribution >= 4 is 11.9 Å². The summed E-state index contributed by atoms with van der Waals surface area (Å²) < 4.78 is 10.3. The smallest absolute Gasteiger partial charge is 0.326 e. The molecule has 1 rings (SSSR count). The molecule has 2 atom stereocenters. The molecule has 17 heavy (non-hydrogen) atoms. The number of carbonyl (C=O) groups is 2. The molecule has 2 N–H and O–H groups in total. The standard InChI is InChI=1S/C11H19NO5/c1-11(2,3)8(10(14)15)12-9(13)7-6-16-4-5-17-7/h7-8H,4-6H2,1-3H3,(H,12,13)(H,14,15). The first-order valence-electron chi connectivity index (χ1n) is 5.55. The van der Waals surface area contributed by atoms with Gasteiger partial charge in [-0.25, -0.2) is 4.79 Å². The highest BCUT2D eigenvalue weighted by Crippen LogP contribution is 2.19. The van der Waals surface area contributed by atoms with Crippen molar-refractivity contribution in [3.63, 3.8) is 0 Å². The van der Waals surface area contributed by atoms with Crippen molar-refractivity contribution in [2.45, 2.75) is 32.9 Å². The van der Waals surface area contributed by atoms with Gasteiger partial charge in [-0.15, -0.1) is 0 Å². The van der Waals surface area contributed by atoms with Crippen LogP contribution in [-0.4, -0.2) is 48.9 Å². The van der Waals surface area contributed by atoms with E-state index in [0.717, 1.165) is 0 Å². The molecule has 98 valence electrons. The second kappa shape index (κ2) is 5.46. The number of hydrogen-bond acceptors (Lipinski definition) is 4. The molecule has 2 unspecified atom stereocenters. The zero-order chi connectivity index (χ0) is 13.1. The van der Waals surface area contributed by atoms with Crippen LogP contribution in [0.25, 0.3) is 0 Å². The molecule has 0 aromatic heterocycles. The van der Waals surface area contributed by atoms with Crippen molar-refractivity contribution in [1.82, 2.24) is 5.32 Å². The Morgan fingerprint density at radius 2 is 2.00 bits per heavy atom. The highest BCUT2D eigenvalue weighted by molar-refractivity contribution is 5.86. The molecule has 0 aromatic carbocycles. The minimum Gasteiger partial charge on any atom is -0.480 e. The van der Waals surface area contributed by atoms with Gasteiger partial charge in [-0.3, -0.25) is 4.79 Å². The highest BCUT2D eigenvalue weighted by atomic mass is 16.6. The molecule has 0 aliphatic carbocycles. The van der Waals surface area contributed by atoms with Gasteiger partial charge in [0.1, 0.15) is 6.04 Å². The zero-order valence-corrected chi connectivity index (χ0v) is 10.4. The van der Waals surface area contributed by atoms with Gasteiger partial charge in [0.05, 0.1) is 19.8 Å². The largest absolute Gasteiger partial charge is 0.480 e. The SMILES string of the molecule is CC(C)(C)C(NC(=O)C1COCCO1)C(=O)O. The Bertz CT molecular complexity index is 291. The number of carboxylic acid groups (broad SMARTS) is 1. The van der Waals surface area contributed by atoms with E-state index in [1.165, 1.54) is 0 Å².